The zero-order chi connectivity index (χ0) is 16.2. The van der Waals surface area contributed by atoms with Gasteiger partial charge in [-0.15, -0.1) is 0 Å². The fourth-order valence-electron chi connectivity index (χ4n) is 2.53. The fraction of sp³-hybridized carbons (Fsp3) is 0.150. The molecule has 2 nitrogen and oxygen atoms in total. The van der Waals surface area contributed by atoms with E-state index in [0.717, 1.165) is 5.75 Å². The van der Waals surface area contributed by atoms with Gasteiger partial charge >= 0.3 is 0 Å². The van der Waals surface area contributed by atoms with Gasteiger partial charge < -0.3 is 4.74 Å². The summed E-state index contributed by atoms with van der Waals surface area (Å²) in [7, 11) is 1.04. The summed E-state index contributed by atoms with van der Waals surface area (Å²) in [4.78, 5) is 4.20. The van der Waals surface area contributed by atoms with Crippen molar-refractivity contribution in [2.75, 3.05) is 7.11 Å². The third-order valence-corrected chi connectivity index (χ3v) is 6.29. The van der Waals surface area contributed by atoms with E-state index in [0.29, 0.717) is 0 Å². The SMILES string of the molecule is COc1cnccc1P(c1ccc(C)cc1)c1ccc(C)cc1. The van der Waals surface area contributed by atoms with Crippen LogP contribution in [0.2, 0.25) is 0 Å². The van der Waals surface area contributed by atoms with Gasteiger partial charge in [-0.05, 0) is 38.4 Å². The lowest BCUT2D eigenvalue weighted by molar-refractivity contribution is 0.416. The first-order chi connectivity index (χ1) is 11.2. The minimum Gasteiger partial charge on any atom is -0.494 e. The molecule has 0 aliphatic carbocycles. The fourth-order valence-corrected chi connectivity index (χ4v) is 4.86. The Morgan fingerprint density at radius 3 is 1.78 bits per heavy atom. The number of methoxy groups -OCH3 is 1. The third-order valence-electron chi connectivity index (χ3n) is 3.81. The van der Waals surface area contributed by atoms with Gasteiger partial charge in [0.15, 0.2) is 0 Å². The van der Waals surface area contributed by atoms with Crippen molar-refractivity contribution in [3.63, 3.8) is 0 Å². The normalized spacial score (nSPS) is 10.8. The number of aryl methyl sites for hydroxylation is 2. The monoisotopic (exact) mass is 321 g/mol. The summed E-state index contributed by atoms with van der Waals surface area (Å²) in [6, 6.07) is 19.7. The summed E-state index contributed by atoms with van der Waals surface area (Å²) >= 11 is 0. The van der Waals surface area contributed by atoms with Crippen LogP contribution in [0.5, 0.6) is 5.75 Å². The predicted octanol–water partition coefficient (Wildman–Crippen LogP) is 3.47. The Balaban J connectivity index is 2.17. The van der Waals surface area contributed by atoms with E-state index in [4.69, 9.17) is 4.74 Å². The van der Waals surface area contributed by atoms with E-state index in [1.807, 2.05) is 6.20 Å². The largest absolute Gasteiger partial charge is 0.494 e. The second-order valence-electron chi connectivity index (χ2n) is 5.55. The Morgan fingerprint density at radius 2 is 1.30 bits per heavy atom. The van der Waals surface area contributed by atoms with E-state index in [1.54, 1.807) is 13.3 Å². The molecule has 0 N–H and O–H groups in total. The standard InChI is InChI=1S/C20H20NOP/c1-15-4-8-17(9-5-15)23(18-10-6-16(2)7-11-18)20-12-13-21-14-19(20)22-3/h4-14H,1-3H3. The minimum atomic E-state index is -0.662. The Kier molecular flexibility index (Phi) is 4.73. The molecule has 0 aliphatic rings. The highest BCUT2D eigenvalue weighted by atomic mass is 31.1. The van der Waals surface area contributed by atoms with Gasteiger partial charge in [-0.25, -0.2) is 0 Å². The molecule has 1 aromatic heterocycles. The lowest BCUT2D eigenvalue weighted by atomic mass is 10.2. The third kappa shape index (κ3) is 3.43. The number of nitrogens with zero attached hydrogens (tertiary/aromatic N) is 1. The van der Waals surface area contributed by atoms with Crippen molar-refractivity contribution in [2.24, 2.45) is 0 Å². The maximum Gasteiger partial charge on any atom is 0.145 e. The molecule has 0 spiro atoms. The van der Waals surface area contributed by atoms with E-state index in [9.17, 15) is 0 Å². The highest BCUT2D eigenvalue weighted by molar-refractivity contribution is 7.80. The summed E-state index contributed by atoms with van der Waals surface area (Å²) in [6.07, 6.45) is 3.64. The number of benzene rings is 2. The lowest BCUT2D eigenvalue weighted by Gasteiger charge is -2.21. The van der Waals surface area contributed by atoms with Crippen LogP contribution in [0.4, 0.5) is 0 Å². The van der Waals surface area contributed by atoms with Crippen LogP contribution in [0, 0.1) is 13.8 Å². The molecule has 0 amide bonds. The van der Waals surface area contributed by atoms with Gasteiger partial charge in [-0.2, -0.15) is 0 Å². The second-order valence-corrected chi connectivity index (χ2v) is 7.74. The number of pyridine rings is 1. The molecule has 116 valence electrons. The molecule has 0 aliphatic heterocycles. The van der Waals surface area contributed by atoms with E-state index in [2.05, 4.69) is 73.4 Å². The van der Waals surface area contributed by atoms with Crippen LogP contribution < -0.4 is 20.7 Å². The molecular weight excluding hydrogens is 301 g/mol. The molecule has 3 heteroatoms. The molecule has 0 radical (unpaired) electrons. The van der Waals surface area contributed by atoms with Crippen LogP contribution >= 0.6 is 7.92 Å². The number of hydrogen-bond donors (Lipinski definition) is 0. The molecule has 1 heterocycles. The zero-order valence-corrected chi connectivity index (χ0v) is 14.5. The first-order valence-corrected chi connectivity index (χ1v) is 8.94. The first-order valence-electron chi connectivity index (χ1n) is 7.60. The van der Waals surface area contributed by atoms with Gasteiger partial charge in [-0.1, -0.05) is 59.7 Å². The smallest absolute Gasteiger partial charge is 0.145 e. The predicted molar refractivity (Wildman–Crippen MR) is 99.0 cm³/mol. The topological polar surface area (TPSA) is 22.1 Å². The molecule has 0 saturated carbocycles. The van der Waals surface area contributed by atoms with E-state index < -0.39 is 7.92 Å². The quantitative estimate of drug-likeness (QED) is 0.687. The molecule has 3 rings (SSSR count). The van der Waals surface area contributed by atoms with E-state index >= 15 is 0 Å². The van der Waals surface area contributed by atoms with Crippen molar-refractivity contribution in [2.45, 2.75) is 13.8 Å². The van der Waals surface area contributed by atoms with Crippen LogP contribution in [-0.4, -0.2) is 12.1 Å². The Hall–Kier alpha value is -2.18. The molecule has 3 aromatic rings. The van der Waals surface area contributed by atoms with Gasteiger partial charge in [0.2, 0.25) is 0 Å². The second kappa shape index (κ2) is 6.93. The summed E-state index contributed by atoms with van der Waals surface area (Å²) in [6.45, 7) is 4.23. The van der Waals surface area contributed by atoms with Crippen LogP contribution in [-0.2, 0) is 0 Å². The number of aromatic nitrogens is 1. The highest BCUT2D eigenvalue weighted by Gasteiger charge is 2.20. The zero-order valence-electron chi connectivity index (χ0n) is 13.7. The Bertz CT molecular complexity index is 736. The van der Waals surface area contributed by atoms with E-state index in [-0.39, 0.29) is 0 Å². The van der Waals surface area contributed by atoms with Crippen LogP contribution in [0.3, 0.4) is 0 Å². The Labute approximate surface area is 138 Å². The average molecular weight is 321 g/mol. The maximum absolute atomic E-state index is 5.57. The van der Waals surface area contributed by atoms with Crippen molar-refractivity contribution in [1.82, 2.24) is 4.98 Å². The van der Waals surface area contributed by atoms with Crippen molar-refractivity contribution < 1.29 is 4.74 Å². The van der Waals surface area contributed by atoms with Crippen LogP contribution in [0.25, 0.3) is 0 Å². The number of hydrogen-bond acceptors (Lipinski definition) is 2. The number of ether oxygens (including phenoxy) is 1. The van der Waals surface area contributed by atoms with Gasteiger partial charge in [0, 0.05) is 11.5 Å². The molecule has 0 bridgehead atoms. The van der Waals surface area contributed by atoms with Crippen molar-refractivity contribution >= 4 is 23.8 Å². The Morgan fingerprint density at radius 1 is 0.783 bits per heavy atom. The molecule has 0 fully saturated rings. The van der Waals surface area contributed by atoms with Gasteiger partial charge in [0.1, 0.15) is 5.75 Å². The summed E-state index contributed by atoms with van der Waals surface area (Å²) in [5.41, 5.74) is 2.54. The minimum absolute atomic E-state index is 0.662. The lowest BCUT2D eigenvalue weighted by Crippen LogP contribution is -2.22. The summed E-state index contributed by atoms with van der Waals surface area (Å²) in [5, 5.41) is 3.84. The number of rotatable bonds is 4. The van der Waals surface area contributed by atoms with Gasteiger partial charge in [-0.3, -0.25) is 4.98 Å². The maximum atomic E-state index is 5.57. The average Bonchev–Trinajstić information content (AvgIpc) is 2.59. The van der Waals surface area contributed by atoms with Crippen molar-refractivity contribution in [3.05, 3.63) is 78.1 Å². The van der Waals surface area contributed by atoms with Crippen LogP contribution in [0.1, 0.15) is 11.1 Å². The molecule has 0 saturated heterocycles. The van der Waals surface area contributed by atoms with Crippen molar-refractivity contribution in [3.8, 4) is 5.75 Å². The first kappa shape index (κ1) is 15.7. The molecule has 0 unspecified atom stereocenters. The van der Waals surface area contributed by atoms with Crippen molar-refractivity contribution in [1.29, 1.82) is 0 Å². The summed E-state index contributed by atoms with van der Waals surface area (Å²) in [5.74, 6) is 0.847. The van der Waals surface area contributed by atoms with Gasteiger partial charge in [0.25, 0.3) is 0 Å². The molecular formula is C20H20NOP. The highest BCUT2D eigenvalue weighted by Crippen LogP contribution is 2.36. The van der Waals surface area contributed by atoms with E-state index in [1.165, 1.54) is 27.0 Å². The van der Waals surface area contributed by atoms with Crippen LogP contribution in [0.15, 0.2) is 67.0 Å². The van der Waals surface area contributed by atoms with Gasteiger partial charge in [0.05, 0.1) is 13.3 Å². The molecule has 2 aromatic carbocycles. The summed E-state index contributed by atoms with van der Waals surface area (Å²) < 4.78 is 5.57. The molecule has 0 atom stereocenters. The molecule has 23 heavy (non-hydrogen) atoms.